The molecule has 0 aromatic heterocycles. The first kappa shape index (κ1) is 10.9. The summed E-state index contributed by atoms with van der Waals surface area (Å²) < 4.78 is 5.23. The Morgan fingerprint density at radius 3 is 2.60 bits per heavy atom. The number of fused-ring (bicyclic) bond motifs is 2. The molecule has 0 heterocycles. The maximum Gasteiger partial charge on any atom is 0.314 e. The molecule has 2 bridgehead atoms. The lowest BCUT2D eigenvalue weighted by Crippen LogP contribution is -2.50. The maximum atomic E-state index is 12.1. The van der Waals surface area contributed by atoms with Crippen LogP contribution in [-0.2, 0) is 9.53 Å². The van der Waals surface area contributed by atoms with Gasteiger partial charge in [-0.3, -0.25) is 4.79 Å². The van der Waals surface area contributed by atoms with Crippen molar-refractivity contribution in [1.82, 2.24) is 0 Å². The molecule has 3 nitrogen and oxygen atoms in total. The summed E-state index contributed by atoms with van der Waals surface area (Å²) in [6.45, 7) is 6.66. The number of carbonyl (C=O) groups excluding carboxylic acids is 1. The molecule has 0 aromatic rings. The quantitative estimate of drug-likeness (QED) is 0.707. The van der Waals surface area contributed by atoms with Crippen LogP contribution in [0, 0.1) is 16.7 Å². The Hall–Kier alpha value is -0.570. The van der Waals surface area contributed by atoms with Crippen molar-refractivity contribution < 1.29 is 9.53 Å². The topological polar surface area (TPSA) is 52.3 Å². The van der Waals surface area contributed by atoms with Gasteiger partial charge in [0.05, 0.1) is 12.0 Å². The van der Waals surface area contributed by atoms with Crippen LogP contribution in [0.1, 0.15) is 40.0 Å². The van der Waals surface area contributed by atoms with Crippen LogP contribution >= 0.6 is 0 Å². The second-order valence-electron chi connectivity index (χ2n) is 5.49. The number of ether oxygens (including phenoxy) is 1. The standard InChI is InChI=1S/C12H21NO2/c1-4-15-10(14)12-6-5-8(7-9(12)13)11(12,2)3/h8-9H,4-7,13H2,1-3H3. The van der Waals surface area contributed by atoms with E-state index in [0.717, 1.165) is 19.3 Å². The van der Waals surface area contributed by atoms with E-state index in [-0.39, 0.29) is 17.4 Å². The van der Waals surface area contributed by atoms with Gasteiger partial charge in [0.15, 0.2) is 0 Å². The molecule has 0 amide bonds. The van der Waals surface area contributed by atoms with E-state index in [1.54, 1.807) is 0 Å². The largest absolute Gasteiger partial charge is 0.466 e. The highest BCUT2D eigenvalue weighted by atomic mass is 16.5. The smallest absolute Gasteiger partial charge is 0.314 e. The highest BCUT2D eigenvalue weighted by molar-refractivity contribution is 5.80. The summed E-state index contributed by atoms with van der Waals surface area (Å²) >= 11 is 0. The third-order valence-corrected chi connectivity index (χ3v) is 4.87. The Balaban J connectivity index is 2.35. The lowest BCUT2D eigenvalue weighted by Gasteiger charge is -2.38. The molecule has 2 aliphatic rings. The monoisotopic (exact) mass is 211 g/mol. The fourth-order valence-electron chi connectivity index (χ4n) is 3.81. The fourth-order valence-corrected chi connectivity index (χ4v) is 3.81. The van der Waals surface area contributed by atoms with Gasteiger partial charge in [-0.15, -0.1) is 0 Å². The van der Waals surface area contributed by atoms with E-state index in [1.165, 1.54) is 0 Å². The minimum absolute atomic E-state index is 0.00898. The number of esters is 1. The van der Waals surface area contributed by atoms with Crippen LogP contribution in [0.5, 0.6) is 0 Å². The van der Waals surface area contributed by atoms with Crippen LogP contribution in [0.3, 0.4) is 0 Å². The maximum absolute atomic E-state index is 12.1. The second-order valence-corrected chi connectivity index (χ2v) is 5.49. The Kier molecular flexibility index (Phi) is 2.34. The van der Waals surface area contributed by atoms with Crippen LogP contribution in [0.25, 0.3) is 0 Å². The number of hydrogen-bond acceptors (Lipinski definition) is 3. The molecule has 0 spiro atoms. The normalized spacial score (nSPS) is 41.9. The second kappa shape index (κ2) is 3.21. The minimum Gasteiger partial charge on any atom is -0.466 e. The molecule has 2 N–H and O–H groups in total. The zero-order valence-corrected chi connectivity index (χ0v) is 9.88. The van der Waals surface area contributed by atoms with Crippen LogP contribution in [0.15, 0.2) is 0 Å². The van der Waals surface area contributed by atoms with Crippen molar-refractivity contribution in [2.45, 2.75) is 46.1 Å². The number of rotatable bonds is 2. The van der Waals surface area contributed by atoms with Gasteiger partial charge in [0.25, 0.3) is 0 Å². The van der Waals surface area contributed by atoms with Gasteiger partial charge in [0, 0.05) is 6.04 Å². The van der Waals surface area contributed by atoms with Crippen molar-refractivity contribution in [3.05, 3.63) is 0 Å². The molecule has 2 rings (SSSR count). The summed E-state index contributed by atoms with van der Waals surface area (Å²) in [6, 6.07) is -0.00898. The molecule has 2 aliphatic carbocycles. The predicted molar refractivity (Wildman–Crippen MR) is 58.2 cm³/mol. The summed E-state index contributed by atoms with van der Waals surface area (Å²) in [4.78, 5) is 12.1. The van der Waals surface area contributed by atoms with Gasteiger partial charge < -0.3 is 10.5 Å². The van der Waals surface area contributed by atoms with Crippen molar-refractivity contribution in [3.8, 4) is 0 Å². The first-order chi connectivity index (χ1) is 6.96. The summed E-state index contributed by atoms with van der Waals surface area (Å²) in [7, 11) is 0. The average Bonchev–Trinajstić information content (AvgIpc) is 2.51. The first-order valence-electron chi connectivity index (χ1n) is 5.89. The molecule has 3 atom stereocenters. The van der Waals surface area contributed by atoms with Crippen LogP contribution in [-0.4, -0.2) is 18.6 Å². The molecule has 0 aromatic carbocycles. The molecule has 0 aliphatic heterocycles. The highest BCUT2D eigenvalue weighted by Gasteiger charge is 2.67. The molecular weight excluding hydrogens is 190 g/mol. The lowest BCUT2D eigenvalue weighted by molar-refractivity contribution is -0.161. The van der Waals surface area contributed by atoms with Gasteiger partial charge in [-0.2, -0.15) is 0 Å². The molecule has 86 valence electrons. The van der Waals surface area contributed by atoms with E-state index in [4.69, 9.17) is 10.5 Å². The lowest BCUT2D eigenvalue weighted by atomic mass is 9.67. The van der Waals surface area contributed by atoms with E-state index in [1.807, 2.05) is 6.92 Å². The minimum atomic E-state index is -0.409. The van der Waals surface area contributed by atoms with E-state index in [2.05, 4.69) is 13.8 Å². The zero-order valence-electron chi connectivity index (χ0n) is 9.88. The first-order valence-corrected chi connectivity index (χ1v) is 5.89. The van der Waals surface area contributed by atoms with Gasteiger partial charge in [-0.25, -0.2) is 0 Å². The zero-order chi connectivity index (χ0) is 11.3. The van der Waals surface area contributed by atoms with Gasteiger partial charge in [-0.1, -0.05) is 13.8 Å². The molecule has 3 heteroatoms. The number of carbonyl (C=O) groups is 1. The molecular formula is C12H21NO2. The van der Waals surface area contributed by atoms with Gasteiger partial charge in [0.1, 0.15) is 0 Å². The van der Waals surface area contributed by atoms with Crippen molar-refractivity contribution in [2.75, 3.05) is 6.61 Å². The third-order valence-electron chi connectivity index (χ3n) is 4.87. The number of hydrogen-bond donors (Lipinski definition) is 1. The summed E-state index contributed by atoms with van der Waals surface area (Å²) in [5.74, 6) is 0.527. The van der Waals surface area contributed by atoms with E-state index in [9.17, 15) is 4.79 Å². The van der Waals surface area contributed by atoms with Crippen LogP contribution in [0.4, 0.5) is 0 Å². The molecule has 0 radical (unpaired) electrons. The van der Waals surface area contributed by atoms with Gasteiger partial charge in [-0.05, 0) is 37.5 Å². The molecule has 15 heavy (non-hydrogen) atoms. The Labute approximate surface area is 91.4 Å². The van der Waals surface area contributed by atoms with E-state index in [0.29, 0.717) is 12.5 Å². The molecule has 0 saturated heterocycles. The van der Waals surface area contributed by atoms with Crippen LogP contribution < -0.4 is 5.73 Å². The Morgan fingerprint density at radius 1 is 1.53 bits per heavy atom. The van der Waals surface area contributed by atoms with Crippen molar-refractivity contribution in [2.24, 2.45) is 22.5 Å². The fraction of sp³-hybridized carbons (Fsp3) is 0.917. The predicted octanol–water partition coefficient (Wildman–Crippen LogP) is 1.70. The van der Waals surface area contributed by atoms with Gasteiger partial charge >= 0.3 is 5.97 Å². The molecule has 2 saturated carbocycles. The average molecular weight is 211 g/mol. The van der Waals surface area contributed by atoms with Crippen molar-refractivity contribution in [3.63, 3.8) is 0 Å². The summed E-state index contributed by atoms with van der Waals surface area (Å²) in [6.07, 6.45) is 3.01. The number of nitrogens with two attached hydrogens (primary N) is 1. The highest BCUT2D eigenvalue weighted by Crippen LogP contribution is 2.65. The molecule has 2 fully saturated rings. The SMILES string of the molecule is CCOC(=O)C12CCC(CC1N)C2(C)C. The van der Waals surface area contributed by atoms with E-state index >= 15 is 0 Å². The van der Waals surface area contributed by atoms with Crippen molar-refractivity contribution in [1.29, 1.82) is 0 Å². The Morgan fingerprint density at radius 2 is 2.20 bits per heavy atom. The van der Waals surface area contributed by atoms with Gasteiger partial charge in [0.2, 0.25) is 0 Å². The van der Waals surface area contributed by atoms with Crippen LogP contribution in [0.2, 0.25) is 0 Å². The summed E-state index contributed by atoms with van der Waals surface area (Å²) in [5.41, 5.74) is 5.76. The third kappa shape index (κ3) is 1.13. The van der Waals surface area contributed by atoms with E-state index < -0.39 is 5.41 Å². The Bertz CT molecular complexity index is 287. The van der Waals surface area contributed by atoms with Crippen molar-refractivity contribution >= 4 is 5.97 Å². The molecule has 3 unspecified atom stereocenters. The summed E-state index contributed by atoms with van der Waals surface area (Å²) in [5, 5.41) is 0.